The van der Waals surface area contributed by atoms with Crippen LogP contribution in [0.5, 0.6) is 0 Å². The topological polar surface area (TPSA) is 29.3 Å². The van der Waals surface area contributed by atoms with Crippen LogP contribution in [0, 0.1) is 5.92 Å². The van der Waals surface area contributed by atoms with Gasteiger partial charge in [-0.25, -0.2) is 0 Å². The van der Waals surface area contributed by atoms with Crippen LogP contribution >= 0.6 is 0 Å². The lowest BCUT2D eigenvalue weighted by Gasteiger charge is -2.26. The maximum atomic E-state index is 6.08. The Morgan fingerprint density at radius 1 is 1.57 bits per heavy atom. The van der Waals surface area contributed by atoms with Crippen LogP contribution in [0.3, 0.4) is 0 Å². The van der Waals surface area contributed by atoms with Gasteiger partial charge in [-0.1, -0.05) is 11.6 Å². The smallest absolute Gasteiger partial charge is 0.0165 e. The second-order valence-corrected chi connectivity index (χ2v) is 4.89. The van der Waals surface area contributed by atoms with Crippen molar-refractivity contribution in [3.05, 3.63) is 11.6 Å². The first-order valence-corrected chi connectivity index (χ1v) is 5.89. The summed E-state index contributed by atoms with van der Waals surface area (Å²) in [7, 11) is 0. The first-order valence-electron chi connectivity index (χ1n) is 5.89. The summed E-state index contributed by atoms with van der Waals surface area (Å²) >= 11 is 0. The molecule has 1 unspecified atom stereocenters. The highest BCUT2D eigenvalue weighted by molar-refractivity contribution is 5.03. The van der Waals surface area contributed by atoms with E-state index in [4.69, 9.17) is 5.73 Å². The van der Waals surface area contributed by atoms with Crippen molar-refractivity contribution in [3.8, 4) is 0 Å². The molecule has 1 aliphatic heterocycles. The number of nitrogens with two attached hydrogens (primary N) is 1. The molecule has 1 aliphatic carbocycles. The van der Waals surface area contributed by atoms with E-state index in [1.807, 2.05) is 0 Å². The van der Waals surface area contributed by atoms with Crippen LogP contribution in [0.4, 0.5) is 0 Å². The summed E-state index contributed by atoms with van der Waals surface area (Å²) in [6, 6.07) is 0.474. The van der Waals surface area contributed by atoms with E-state index < -0.39 is 0 Å². The fourth-order valence-electron chi connectivity index (χ4n) is 2.11. The zero-order valence-corrected chi connectivity index (χ0v) is 9.21. The molecule has 2 N–H and O–H groups in total. The summed E-state index contributed by atoms with van der Waals surface area (Å²) in [5.74, 6) is 0.858. The van der Waals surface area contributed by atoms with Gasteiger partial charge in [-0.15, -0.1) is 0 Å². The van der Waals surface area contributed by atoms with Gasteiger partial charge >= 0.3 is 0 Å². The third-order valence-electron chi connectivity index (χ3n) is 3.53. The minimum absolute atomic E-state index is 0.474. The molecule has 2 heteroatoms. The molecular weight excluding hydrogens is 172 g/mol. The van der Waals surface area contributed by atoms with Crippen molar-refractivity contribution in [2.75, 3.05) is 19.6 Å². The second kappa shape index (κ2) is 4.45. The SMILES string of the molecule is CC1=CCN(CCC(N)C2CC2)CC1. The Morgan fingerprint density at radius 2 is 2.36 bits per heavy atom. The largest absolute Gasteiger partial charge is 0.327 e. The van der Waals surface area contributed by atoms with Gasteiger partial charge < -0.3 is 5.73 Å². The van der Waals surface area contributed by atoms with Crippen molar-refractivity contribution in [3.63, 3.8) is 0 Å². The first-order chi connectivity index (χ1) is 6.75. The van der Waals surface area contributed by atoms with Crippen molar-refractivity contribution in [1.82, 2.24) is 4.90 Å². The minimum Gasteiger partial charge on any atom is -0.327 e. The normalized spacial score (nSPS) is 26.0. The summed E-state index contributed by atoms with van der Waals surface area (Å²) in [5.41, 5.74) is 7.63. The highest BCUT2D eigenvalue weighted by atomic mass is 15.1. The van der Waals surface area contributed by atoms with Crippen molar-refractivity contribution in [2.24, 2.45) is 11.7 Å². The fourth-order valence-corrected chi connectivity index (χ4v) is 2.11. The standard InChI is InChI=1S/C12H22N2/c1-10-4-7-14(8-5-10)9-6-12(13)11-2-3-11/h4,11-12H,2-3,5-9,13H2,1H3. The molecule has 0 bridgehead atoms. The summed E-state index contributed by atoms with van der Waals surface area (Å²) < 4.78 is 0. The molecule has 0 radical (unpaired) electrons. The van der Waals surface area contributed by atoms with Gasteiger partial charge in [-0.2, -0.15) is 0 Å². The number of hydrogen-bond donors (Lipinski definition) is 1. The van der Waals surface area contributed by atoms with Crippen LogP contribution in [0.1, 0.15) is 32.6 Å². The van der Waals surface area contributed by atoms with E-state index in [1.54, 1.807) is 5.57 Å². The molecule has 2 nitrogen and oxygen atoms in total. The second-order valence-electron chi connectivity index (χ2n) is 4.89. The third kappa shape index (κ3) is 2.82. The maximum Gasteiger partial charge on any atom is 0.0165 e. The van der Waals surface area contributed by atoms with E-state index in [0.29, 0.717) is 6.04 Å². The number of rotatable bonds is 4. The van der Waals surface area contributed by atoms with Gasteiger partial charge in [0, 0.05) is 19.1 Å². The minimum atomic E-state index is 0.474. The molecule has 1 atom stereocenters. The van der Waals surface area contributed by atoms with Crippen LogP contribution in [0.25, 0.3) is 0 Å². The predicted molar refractivity (Wildman–Crippen MR) is 60.1 cm³/mol. The molecule has 0 aromatic rings. The molecule has 0 aromatic heterocycles. The van der Waals surface area contributed by atoms with E-state index in [9.17, 15) is 0 Å². The molecular formula is C12H22N2. The zero-order valence-electron chi connectivity index (χ0n) is 9.21. The zero-order chi connectivity index (χ0) is 9.97. The molecule has 2 rings (SSSR count). The molecule has 2 aliphatic rings. The summed E-state index contributed by atoms with van der Waals surface area (Å²) in [6.07, 6.45) is 7.54. The molecule has 0 amide bonds. The lowest BCUT2D eigenvalue weighted by molar-refractivity contribution is 0.277. The Bertz CT molecular complexity index is 218. The average Bonchev–Trinajstić information content (AvgIpc) is 3.00. The van der Waals surface area contributed by atoms with Crippen molar-refractivity contribution >= 4 is 0 Å². The van der Waals surface area contributed by atoms with E-state index >= 15 is 0 Å². The van der Waals surface area contributed by atoms with E-state index in [0.717, 1.165) is 12.5 Å². The van der Waals surface area contributed by atoms with Gasteiger partial charge in [-0.3, -0.25) is 4.90 Å². The van der Waals surface area contributed by atoms with Crippen LogP contribution < -0.4 is 5.73 Å². The Morgan fingerprint density at radius 3 is 2.93 bits per heavy atom. The molecule has 0 aromatic carbocycles. The van der Waals surface area contributed by atoms with Gasteiger partial charge in [0.15, 0.2) is 0 Å². The van der Waals surface area contributed by atoms with Crippen LogP contribution in [0.2, 0.25) is 0 Å². The van der Waals surface area contributed by atoms with Crippen molar-refractivity contribution in [2.45, 2.75) is 38.6 Å². The maximum absolute atomic E-state index is 6.08. The van der Waals surface area contributed by atoms with E-state index in [1.165, 1.54) is 38.8 Å². The summed E-state index contributed by atoms with van der Waals surface area (Å²) in [5, 5.41) is 0. The number of nitrogens with zero attached hydrogens (tertiary/aromatic N) is 1. The van der Waals surface area contributed by atoms with E-state index in [2.05, 4.69) is 17.9 Å². The van der Waals surface area contributed by atoms with Gasteiger partial charge in [0.1, 0.15) is 0 Å². The molecule has 0 saturated heterocycles. The molecule has 0 spiro atoms. The Hall–Kier alpha value is -0.340. The Labute approximate surface area is 87.2 Å². The van der Waals surface area contributed by atoms with Gasteiger partial charge in [0.25, 0.3) is 0 Å². The van der Waals surface area contributed by atoms with Crippen LogP contribution in [0.15, 0.2) is 11.6 Å². The molecule has 14 heavy (non-hydrogen) atoms. The lowest BCUT2D eigenvalue weighted by Crippen LogP contribution is -2.34. The molecule has 1 saturated carbocycles. The van der Waals surface area contributed by atoms with Crippen LogP contribution in [-0.4, -0.2) is 30.6 Å². The average molecular weight is 194 g/mol. The summed E-state index contributed by atoms with van der Waals surface area (Å²) in [4.78, 5) is 2.52. The van der Waals surface area contributed by atoms with Gasteiger partial charge in [0.05, 0.1) is 0 Å². The molecule has 1 heterocycles. The highest BCUT2D eigenvalue weighted by Crippen LogP contribution is 2.32. The van der Waals surface area contributed by atoms with Crippen molar-refractivity contribution < 1.29 is 0 Å². The molecule has 80 valence electrons. The molecule has 1 fully saturated rings. The fraction of sp³-hybridized carbons (Fsp3) is 0.833. The van der Waals surface area contributed by atoms with Gasteiger partial charge in [0.2, 0.25) is 0 Å². The predicted octanol–water partition coefficient (Wildman–Crippen LogP) is 1.77. The lowest BCUT2D eigenvalue weighted by atomic mass is 10.1. The highest BCUT2D eigenvalue weighted by Gasteiger charge is 2.28. The third-order valence-corrected chi connectivity index (χ3v) is 3.53. The van der Waals surface area contributed by atoms with E-state index in [-0.39, 0.29) is 0 Å². The number of hydrogen-bond acceptors (Lipinski definition) is 2. The Balaban J connectivity index is 1.65. The summed E-state index contributed by atoms with van der Waals surface area (Å²) in [6.45, 7) is 5.80. The van der Waals surface area contributed by atoms with Crippen LogP contribution in [-0.2, 0) is 0 Å². The van der Waals surface area contributed by atoms with Crippen molar-refractivity contribution in [1.29, 1.82) is 0 Å². The first kappa shape index (κ1) is 10.2. The quantitative estimate of drug-likeness (QED) is 0.691. The monoisotopic (exact) mass is 194 g/mol. The van der Waals surface area contributed by atoms with Gasteiger partial charge in [-0.05, 0) is 45.1 Å². The Kier molecular flexibility index (Phi) is 3.24.